The number of nitrogens with one attached hydrogen (secondary N) is 1. The van der Waals surface area contributed by atoms with Gasteiger partial charge in [0.15, 0.2) is 5.82 Å². The van der Waals surface area contributed by atoms with Gasteiger partial charge in [-0.1, -0.05) is 71.2 Å². The third kappa shape index (κ3) is 4.75. The molecule has 0 saturated carbocycles. The maximum absolute atomic E-state index is 12.1. The molecular formula is C18H14Cl3N3O. The Morgan fingerprint density at radius 3 is 2.52 bits per heavy atom. The summed E-state index contributed by atoms with van der Waals surface area (Å²) in [6, 6.07) is 14.7. The maximum atomic E-state index is 12.1. The lowest BCUT2D eigenvalue weighted by Crippen LogP contribution is -2.15. The molecule has 0 bridgehead atoms. The summed E-state index contributed by atoms with van der Waals surface area (Å²) in [5, 5.41) is 8.53. The Kier molecular flexibility index (Phi) is 5.63. The van der Waals surface area contributed by atoms with Crippen LogP contribution in [0.15, 0.2) is 54.7 Å². The van der Waals surface area contributed by atoms with E-state index in [-0.39, 0.29) is 12.3 Å². The number of hydrogen-bond acceptors (Lipinski definition) is 2. The van der Waals surface area contributed by atoms with Crippen molar-refractivity contribution in [2.75, 3.05) is 5.32 Å². The maximum Gasteiger partial charge on any atom is 0.230 e. The molecule has 0 aliphatic carbocycles. The third-order valence-electron chi connectivity index (χ3n) is 3.53. The molecule has 0 radical (unpaired) electrons. The molecule has 0 unspecified atom stereocenters. The van der Waals surface area contributed by atoms with Gasteiger partial charge in [-0.3, -0.25) is 9.48 Å². The molecule has 128 valence electrons. The van der Waals surface area contributed by atoms with Crippen LogP contribution in [-0.2, 0) is 17.8 Å². The molecule has 0 aliphatic rings. The summed E-state index contributed by atoms with van der Waals surface area (Å²) in [7, 11) is 0. The predicted molar refractivity (Wildman–Crippen MR) is 102 cm³/mol. The standard InChI is InChI=1S/C18H14Cl3N3O/c19-14-7-6-13(15(20)9-14)10-24-11-16(21)18(23-24)22-17(25)8-12-4-2-1-3-5-12/h1-7,9,11H,8,10H2,(H,22,23,25). The molecule has 0 spiro atoms. The number of nitrogens with zero attached hydrogens (tertiary/aromatic N) is 2. The number of benzene rings is 2. The average molecular weight is 395 g/mol. The van der Waals surface area contributed by atoms with Crippen LogP contribution in [0.2, 0.25) is 15.1 Å². The van der Waals surface area contributed by atoms with Crippen LogP contribution in [-0.4, -0.2) is 15.7 Å². The van der Waals surface area contributed by atoms with E-state index < -0.39 is 0 Å². The lowest BCUT2D eigenvalue weighted by molar-refractivity contribution is -0.115. The molecule has 3 rings (SSSR count). The minimum absolute atomic E-state index is 0.178. The van der Waals surface area contributed by atoms with E-state index in [0.717, 1.165) is 11.1 Å². The van der Waals surface area contributed by atoms with E-state index in [0.29, 0.717) is 27.4 Å². The molecule has 7 heteroatoms. The molecule has 1 aromatic heterocycles. The smallest absolute Gasteiger partial charge is 0.230 e. The van der Waals surface area contributed by atoms with Gasteiger partial charge in [-0.15, -0.1) is 0 Å². The Balaban J connectivity index is 1.68. The quantitative estimate of drug-likeness (QED) is 0.656. The van der Waals surface area contributed by atoms with Crippen LogP contribution in [0.1, 0.15) is 11.1 Å². The van der Waals surface area contributed by atoms with Crippen molar-refractivity contribution in [3.63, 3.8) is 0 Å². The number of halogens is 3. The predicted octanol–water partition coefficient (Wildman–Crippen LogP) is 5.07. The van der Waals surface area contributed by atoms with Gasteiger partial charge in [0.1, 0.15) is 5.02 Å². The van der Waals surface area contributed by atoms with Gasteiger partial charge < -0.3 is 5.32 Å². The van der Waals surface area contributed by atoms with E-state index >= 15 is 0 Å². The van der Waals surface area contributed by atoms with Crippen LogP contribution in [0.4, 0.5) is 5.82 Å². The largest absolute Gasteiger partial charge is 0.308 e. The van der Waals surface area contributed by atoms with Crippen LogP contribution in [0.25, 0.3) is 0 Å². The van der Waals surface area contributed by atoms with E-state index in [1.54, 1.807) is 23.0 Å². The average Bonchev–Trinajstić information content (AvgIpc) is 2.90. The molecule has 0 fully saturated rings. The minimum atomic E-state index is -0.178. The lowest BCUT2D eigenvalue weighted by Gasteiger charge is -2.05. The topological polar surface area (TPSA) is 46.9 Å². The monoisotopic (exact) mass is 393 g/mol. The zero-order chi connectivity index (χ0) is 17.8. The fourth-order valence-corrected chi connectivity index (χ4v) is 3.01. The molecule has 25 heavy (non-hydrogen) atoms. The first kappa shape index (κ1) is 17.8. The van der Waals surface area contributed by atoms with Crippen LogP contribution in [0.5, 0.6) is 0 Å². The molecular weight excluding hydrogens is 381 g/mol. The van der Waals surface area contributed by atoms with Crippen molar-refractivity contribution in [3.05, 3.63) is 80.9 Å². The van der Waals surface area contributed by atoms with E-state index in [1.165, 1.54) is 0 Å². The molecule has 1 amide bonds. The zero-order valence-corrected chi connectivity index (χ0v) is 15.3. The highest BCUT2D eigenvalue weighted by Gasteiger charge is 2.12. The summed E-state index contributed by atoms with van der Waals surface area (Å²) in [4.78, 5) is 12.1. The summed E-state index contributed by atoms with van der Waals surface area (Å²) in [6.07, 6.45) is 1.90. The van der Waals surface area contributed by atoms with Crippen molar-refractivity contribution in [1.82, 2.24) is 9.78 Å². The van der Waals surface area contributed by atoms with E-state index in [2.05, 4.69) is 10.4 Å². The Bertz CT molecular complexity index is 894. The molecule has 0 atom stereocenters. The van der Waals surface area contributed by atoms with Gasteiger partial charge in [0, 0.05) is 16.2 Å². The molecule has 1 N–H and O–H groups in total. The first-order valence-electron chi connectivity index (χ1n) is 7.52. The van der Waals surface area contributed by atoms with Crippen molar-refractivity contribution < 1.29 is 4.79 Å². The fraction of sp³-hybridized carbons (Fsp3) is 0.111. The van der Waals surface area contributed by atoms with Crippen LogP contribution < -0.4 is 5.32 Å². The first-order chi connectivity index (χ1) is 12.0. The molecule has 0 saturated heterocycles. The van der Waals surface area contributed by atoms with Crippen molar-refractivity contribution >= 4 is 46.5 Å². The van der Waals surface area contributed by atoms with Crippen LogP contribution >= 0.6 is 34.8 Å². The molecule has 4 nitrogen and oxygen atoms in total. The molecule has 3 aromatic rings. The number of anilines is 1. The highest BCUT2D eigenvalue weighted by molar-refractivity contribution is 6.35. The number of carbonyl (C=O) groups is 1. The molecule has 1 heterocycles. The summed E-state index contributed by atoms with van der Waals surface area (Å²) in [5.74, 6) is 0.149. The Morgan fingerprint density at radius 1 is 1.04 bits per heavy atom. The number of aromatic nitrogens is 2. The number of amides is 1. The summed E-state index contributed by atoms with van der Waals surface area (Å²) < 4.78 is 1.62. The molecule has 2 aromatic carbocycles. The van der Waals surface area contributed by atoms with Crippen LogP contribution in [0.3, 0.4) is 0 Å². The second kappa shape index (κ2) is 7.91. The second-order valence-corrected chi connectivity index (χ2v) is 6.72. The van der Waals surface area contributed by atoms with Crippen LogP contribution in [0, 0.1) is 0 Å². The summed E-state index contributed by atoms with van der Waals surface area (Å²) in [6.45, 7) is 0.421. The van der Waals surface area contributed by atoms with Gasteiger partial charge in [0.25, 0.3) is 0 Å². The van der Waals surface area contributed by atoms with Crippen molar-refractivity contribution in [1.29, 1.82) is 0 Å². The lowest BCUT2D eigenvalue weighted by atomic mass is 10.1. The summed E-state index contributed by atoms with van der Waals surface area (Å²) in [5.41, 5.74) is 1.77. The summed E-state index contributed by atoms with van der Waals surface area (Å²) >= 11 is 18.2. The Labute approximate surface area is 160 Å². The van der Waals surface area contributed by atoms with Crippen molar-refractivity contribution in [2.45, 2.75) is 13.0 Å². The molecule has 0 aliphatic heterocycles. The van der Waals surface area contributed by atoms with E-state index in [4.69, 9.17) is 34.8 Å². The number of hydrogen-bond donors (Lipinski definition) is 1. The fourth-order valence-electron chi connectivity index (χ4n) is 2.34. The normalized spacial score (nSPS) is 10.7. The zero-order valence-electron chi connectivity index (χ0n) is 13.0. The SMILES string of the molecule is O=C(Cc1ccccc1)Nc1nn(Cc2ccc(Cl)cc2Cl)cc1Cl. The third-order valence-corrected chi connectivity index (χ3v) is 4.39. The minimum Gasteiger partial charge on any atom is -0.308 e. The van der Waals surface area contributed by atoms with Gasteiger partial charge in [-0.25, -0.2) is 0 Å². The highest BCUT2D eigenvalue weighted by Crippen LogP contribution is 2.24. The number of carbonyl (C=O) groups excluding carboxylic acids is 1. The van der Waals surface area contributed by atoms with Gasteiger partial charge in [0.05, 0.1) is 13.0 Å². The first-order valence-corrected chi connectivity index (χ1v) is 8.65. The van der Waals surface area contributed by atoms with Gasteiger partial charge in [0.2, 0.25) is 5.91 Å². The van der Waals surface area contributed by atoms with Crippen molar-refractivity contribution in [3.8, 4) is 0 Å². The van der Waals surface area contributed by atoms with Gasteiger partial charge >= 0.3 is 0 Å². The van der Waals surface area contributed by atoms with Gasteiger partial charge in [-0.2, -0.15) is 5.10 Å². The van der Waals surface area contributed by atoms with Crippen molar-refractivity contribution in [2.24, 2.45) is 0 Å². The Hall–Kier alpha value is -2.01. The number of rotatable bonds is 5. The highest BCUT2D eigenvalue weighted by atomic mass is 35.5. The van der Waals surface area contributed by atoms with E-state index in [1.807, 2.05) is 36.4 Å². The van der Waals surface area contributed by atoms with Gasteiger partial charge in [-0.05, 0) is 23.3 Å². The Morgan fingerprint density at radius 2 is 1.80 bits per heavy atom. The second-order valence-electron chi connectivity index (χ2n) is 5.47. The van der Waals surface area contributed by atoms with E-state index in [9.17, 15) is 4.79 Å².